The number of oxazole rings is 1. The van der Waals surface area contributed by atoms with Gasteiger partial charge in [0, 0.05) is 5.56 Å². The molecular formula is C22H22N2O2. The molecule has 1 heterocycles. The van der Waals surface area contributed by atoms with Crippen molar-refractivity contribution in [2.24, 2.45) is 5.92 Å². The van der Waals surface area contributed by atoms with Crippen molar-refractivity contribution in [3.8, 4) is 11.5 Å². The summed E-state index contributed by atoms with van der Waals surface area (Å²) in [5.41, 5.74) is 2.79. The fourth-order valence-corrected chi connectivity index (χ4v) is 3.24. The number of hydrogen-bond acceptors (Lipinski definition) is 3. The largest absolute Gasteiger partial charge is 0.441 e. The maximum Gasteiger partial charge on any atom is 0.226 e. The van der Waals surface area contributed by atoms with E-state index in [0.29, 0.717) is 23.3 Å². The van der Waals surface area contributed by atoms with Gasteiger partial charge < -0.3 is 9.73 Å². The van der Waals surface area contributed by atoms with Crippen LogP contribution in [-0.2, 0) is 11.2 Å². The lowest BCUT2D eigenvalue weighted by atomic mass is 10.0. The van der Waals surface area contributed by atoms with E-state index in [9.17, 15) is 4.79 Å². The van der Waals surface area contributed by atoms with Gasteiger partial charge in [-0.1, -0.05) is 48.5 Å². The zero-order valence-electron chi connectivity index (χ0n) is 14.8. The maximum absolute atomic E-state index is 12.6. The van der Waals surface area contributed by atoms with Gasteiger partial charge in [-0.25, -0.2) is 4.98 Å². The summed E-state index contributed by atoms with van der Waals surface area (Å²) in [7, 11) is 0. The molecule has 4 nitrogen and oxygen atoms in total. The predicted molar refractivity (Wildman–Crippen MR) is 100 cm³/mol. The van der Waals surface area contributed by atoms with Gasteiger partial charge in [-0.3, -0.25) is 4.79 Å². The lowest BCUT2D eigenvalue weighted by molar-refractivity contribution is -0.121. The van der Waals surface area contributed by atoms with Crippen molar-refractivity contribution in [1.82, 2.24) is 10.3 Å². The first-order valence-electron chi connectivity index (χ1n) is 9.07. The zero-order valence-corrected chi connectivity index (χ0v) is 14.8. The van der Waals surface area contributed by atoms with Crippen LogP contribution >= 0.6 is 0 Å². The minimum atomic E-state index is -0.0123. The van der Waals surface area contributed by atoms with Crippen LogP contribution < -0.4 is 5.32 Å². The third-order valence-corrected chi connectivity index (χ3v) is 4.81. The Morgan fingerprint density at radius 1 is 1.12 bits per heavy atom. The Labute approximate surface area is 153 Å². The molecule has 1 fully saturated rings. The molecule has 1 aliphatic rings. The number of rotatable bonds is 6. The summed E-state index contributed by atoms with van der Waals surface area (Å²) in [5.74, 6) is 1.79. The Morgan fingerprint density at radius 2 is 1.77 bits per heavy atom. The first-order valence-corrected chi connectivity index (χ1v) is 9.07. The molecule has 0 bridgehead atoms. The molecule has 1 aromatic heterocycles. The quantitative estimate of drug-likeness (QED) is 0.717. The fraction of sp³-hybridized carbons (Fsp3) is 0.273. The maximum atomic E-state index is 12.6. The molecule has 1 unspecified atom stereocenters. The molecule has 1 saturated carbocycles. The van der Waals surface area contributed by atoms with Crippen LogP contribution in [0, 0.1) is 12.8 Å². The predicted octanol–water partition coefficient (Wildman–Crippen LogP) is 4.46. The number of hydrogen-bond donors (Lipinski definition) is 1. The minimum absolute atomic E-state index is 0.0123. The first kappa shape index (κ1) is 16.6. The molecular weight excluding hydrogens is 324 g/mol. The number of carbonyl (C=O) groups is 1. The fourth-order valence-electron chi connectivity index (χ4n) is 3.24. The van der Waals surface area contributed by atoms with Gasteiger partial charge in [0.05, 0.1) is 18.2 Å². The minimum Gasteiger partial charge on any atom is -0.441 e. The number of nitrogens with zero attached hydrogens (tertiary/aromatic N) is 1. The lowest BCUT2D eigenvalue weighted by Crippen LogP contribution is -2.31. The second kappa shape index (κ2) is 7.16. The van der Waals surface area contributed by atoms with Crippen molar-refractivity contribution in [2.75, 3.05) is 0 Å². The molecule has 4 rings (SSSR count). The van der Waals surface area contributed by atoms with Gasteiger partial charge in [0.25, 0.3) is 0 Å². The Morgan fingerprint density at radius 3 is 2.42 bits per heavy atom. The number of aromatic nitrogens is 1. The Hall–Kier alpha value is -2.88. The molecule has 1 N–H and O–H groups in total. The van der Waals surface area contributed by atoms with E-state index in [1.807, 2.05) is 55.5 Å². The van der Waals surface area contributed by atoms with E-state index < -0.39 is 0 Å². The molecule has 26 heavy (non-hydrogen) atoms. The smallest absolute Gasteiger partial charge is 0.226 e. The summed E-state index contributed by atoms with van der Waals surface area (Å²) in [6.45, 7) is 1.86. The highest BCUT2D eigenvalue weighted by Crippen LogP contribution is 2.41. The van der Waals surface area contributed by atoms with E-state index >= 15 is 0 Å². The topological polar surface area (TPSA) is 55.1 Å². The second-order valence-corrected chi connectivity index (χ2v) is 6.86. The summed E-state index contributed by atoms with van der Waals surface area (Å²) in [6, 6.07) is 20.0. The molecule has 0 radical (unpaired) electrons. The van der Waals surface area contributed by atoms with Gasteiger partial charge in [-0.2, -0.15) is 0 Å². The van der Waals surface area contributed by atoms with Crippen LogP contribution in [0.3, 0.4) is 0 Å². The third-order valence-electron chi connectivity index (χ3n) is 4.81. The van der Waals surface area contributed by atoms with Crippen LogP contribution in [0.1, 0.15) is 35.9 Å². The van der Waals surface area contributed by atoms with Crippen LogP contribution in [0.2, 0.25) is 0 Å². The SMILES string of the molecule is Cc1oc(-c2ccccc2)nc1CC(=O)NC(c1ccccc1)C1CC1. The molecule has 0 saturated heterocycles. The number of amides is 1. The van der Waals surface area contributed by atoms with Crippen molar-refractivity contribution < 1.29 is 9.21 Å². The van der Waals surface area contributed by atoms with E-state index in [0.717, 1.165) is 5.56 Å². The zero-order chi connectivity index (χ0) is 17.9. The van der Waals surface area contributed by atoms with Crippen LogP contribution in [0.5, 0.6) is 0 Å². The van der Waals surface area contributed by atoms with Gasteiger partial charge >= 0.3 is 0 Å². The van der Waals surface area contributed by atoms with E-state index in [-0.39, 0.29) is 18.4 Å². The highest BCUT2D eigenvalue weighted by molar-refractivity contribution is 5.79. The van der Waals surface area contributed by atoms with E-state index in [2.05, 4.69) is 22.4 Å². The van der Waals surface area contributed by atoms with Crippen molar-refractivity contribution in [1.29, 1.82) is 0 Å². The summed E-state index contributed by atoms with van der Waals surface area (Å²) < 4.78 is 5.76. The average molecular weight is 346 g/mol. The van der Waals surface area contributed by atoms with Gasteiger partial charge in [0.15, 0.2) is 0 Å². The van der Waals surface area contributed by atoms with Crippen molar-refractivity contribution in [3.63, 3.8) is 0 Å². The van der Waals surface area contributed by atoms with Gasteiger partial charge in [-0.05, 0) is 43.4 Å². The van der Waals surface area contributed by atoms with Crippen molar-refractivity contribution in [2.45, 2.75) is 32.2 Å². The van der Waals surface area contributed by atoms with E-state index in [1.54, 1.807) is 0 Å². The monoisotopic (exact) mass is 346 g/mol. The molecule has 1 aliphatic carbocycles. The summed E-state index contributed by atoms with van der Waals surface area (Å²) in [6.07, 6.45) is 2.57. The lowest BCUT2D eigenvalue weighted by Gasteiger charge is -2.18. The van der Waals surface area contributed by atoms with Crippen molar-refractivity contribution in [3.05, 3.63) is 77.7 Å². The average Bonchev–Trinajstić information content (AvgIpc) is 3.45. The molecule has 1 amide bonds. The second-order valence-electron chi connectivity index (χ2n) is 6.86. The van der Waals surface area contributed by atoms with Crippen LogP contribution in [-0.4, -0.2) is 10.9 Å². The molecule has 0 spiro atoms. The summed E-state index contributed by atoms with van der Waals surface area (Å²) in [4.78, 5) is 17.2. The molecule has 1 atom stereocenters. The number of nitrogens with one attached hydrogen (secondary N) is 1. The molecule has 132 valence electrons. The van der Waals surface area contributed by atoms with Gasteiger partial charge in [0.2, 0.25) is 11.8 Å². The molecule has 3 aromatic rings. The molecule has 4 heteroatoms. The standard InChI is InChI=1S/C22H22N2O2/c1-15-19(23-22(26-15)18-10-6-3-7-11-18)14-20(25)24-21(17-12-13-17)16-8-4-2-5-9-16/h2-11,17,21H,12-14H2,1H3,(H,24,25). The molecule has 0 aliphatic heterocycles. The first-order chi connectivity index (χ1) is 12.7. The highest BCUT2D eigenvalue weighted by Gasteiger charge is 2.33. The van der Waals surface area contributed by atoms with Crippen LogP contribution in [0.25, 0.3) is 11.5 Å². The van der Waals surface area contributed by atoms with Gasteiger partial charge in [0.1, 0.15) is 5.76 Å². The highest BCUT2D eigenvalue weighted by atomic mass is 16.4. The van der Waals surface area contributed by atoms with Crippen molar-refractivity contribution >= 4 is 5.91 Å². The Bertz CT molecular complexity index is 883. The summed E-state index contributed by atoms with van der Waals surface area (Å²) >= 11 is 0. The van der Waals surface area contributed by atoms with Gasteiger partial charge in [-0.15, -0.1) is 0 Å². The third kappa shape index (κ3) is 3.69. The number of carbonyl (C=O) groups excluding carboxylic acids is 1. The van der Waals surface area contributed by atoms with E-state index in [4.69, 9.17) is 4.42 Å². The van der Waals surface area contributed by atoms with Crippen LogP contribution in [0.15, 0.2) is 65.1 Å². The number of aryl methyl sites for hydroxylation is 1. The van der Waals surface area contributed by atoms with E-state index in [1.165, 1.54) is 18.4 Å². The number of benzene rings is 2. The molecule has 2 aromatic carbocycles. The normalized spacial score (nSPS) is 14.8. The van der Waals surface area contributed by atoms with Crippen LogP contribution in [0.4, 0.5) is 0 Å². The summed E-state index contributed by atoms with van der Waals surface area (Å²) in [5, 5.41) is 3.20. The Balaban J connectivity index is 1.47. The Kier molecular flexibility index (Phi) is 4.57.